The average molecular weight is 354 g/mol. The van der Waals surface area contributed by atoms with Gasteiger partial charge in [-0.2, -0.15) is 0 Å². The van der Waals surface area contributed by atoms with Gasteiger partial charge in [0.1, 0.15) is 10.8 Å². The van der Waals surface area contributed by atoms with Crippen molar-refractivity contribution in [2.24, 2.45) is 0 Å². The Labute approximate surface area is 151 Å². The molecule has 2 heterocycles. The lowest BCUT2D eigenvalue weighted by atomic mass is 9.99. The predicted octanol–water partition coefficient (Wildman–Crippen LogP) is 4.46. The molecule has 3 aromatic rings. The highest BCUT2D eigenvalue weighted by Crippen LogP contribution is 2.32. The molecular formula is C20H22N2O2S. The summed E-state index contributed by atoms with van der Waals surface area (Å²) >= 11 is 1.57. The second-order valence-corrected chi connectivity index (χ2v) is 7.35. The molecule has 0 saturated carbocycles. The van der Waals surface area contributed by atoms with Crippen molar-refractivity contribution in [3.63, 3.8) is 0 Å². The van der Waals surface area contributed by atoms with E-state index in [1.165, 1.54) is 5.56 Å². The van der Waals surface area contributed by atoms with Gasteiger partial charge in [-0.25, -0.2) is 4.98 Å². The molecule has 2 aromatic heterocycles. The number of hydrogen-bond acceptors (Lipinski definition) is 4. The molecule has 0 radical (unpaired) electrons. The number of pyridine rings is 1. The highest BCUT2D eigenvalue weighted by atomic mass is 32.1. The van der Waals surface area contributed by atoms with Crippen LogP contribution in [0.25, 0.3) is 11.3 Å². The highest BCUT2D eigenvalue weighted by Gasteiger charge is 2.12. The van der Waals surface area contributed by atoms with E-state index in [1.807, 2.05) is 36.7 Å². The fraction of sp³-hybridized carbons (Fsp3) is 0.300. The number of aromatic nitrogens is 2. The van der Waals surface area contributed by atoms with Gasteiger partial charge < -0.3 is 9.30 Å². The minimum absolute atomic E-state index is 0.00305. The first-order chi connectivity index (χ1) is 12.0. The summed E-state index contributed by atoms with van der Waals surface area (Å²) < 4.78 is 7.13. The summed E-state index contributed by atoms with van der Waals surface area (Å²) in [6.45, 7) is 6.72. The largest absolute Gasteiger partial charge is 0.496 e. The van der Waals surface area contributed by atoms with Crippen LogP contribution in [0.2, 0.25) is 0 Å². The normalized spacial score (nSPS) is 11.1. The van der Waals surface area contributed by atoms with E-state index in [9.17, 15) is 4.79 Å². The fourth-order valence-electron chi connectivity index (χ4n) is 2.74. The topological polar surface area (TPSA) is 44.1 Å². The molecule has 0 aliphatic carbocycles. The van der Waals surface area contributed by atoms with Crippen LogP contribution in [0.1, 0.15) is 35.9 Å². The Morgan fingerprint density at radius 2 is 2.04 bits per heavy atom. The molecule has 130 valence electrons. The van der Waals surface area contributed by atoms with Crippen LogP contribution in [0.15, 0.2) is 46.7 Å². The van der Waals surface area contributed by atoms with Gasteiger partial charge in [0, 0.05) is 23.2 Å². The molecule has 1 aromatic carbocycles. The lowest BCUT2D eigenvalue weighted by Crippen LogP contribution is -2.19. The molecule has 0 N–H and O–H groups in total. The van der Waals surface area contributed by atoms with Gasteiger partial charge in [0.15, 0.2) is 0 Å². The van der Waals surface area contributed by atoms with Crippen LogP contribution in [-0.4, -0.2) is 16.7 Å². The summed E-state index contributed by atoms with van der Waals surface area (Å²) in [4.78, 5) is 16.8. The third-order valence-corrected chi connectivity index (χ3v) is 4.99. The monoisotopic (exact) mass is 354 g/mol. The molecule has 0 aliphatic rings. The van der Waals surface area contributed by atoms with Crippen molar-refractivity contribution in [3.05, 3.63) is 68.4 Å². The summed E-state index contributed by atoms with van der Waals surface area (Å²) in [6.07, 6.45) is 1.82. The Morgan fingerprint density at radius 3 is 2.72 bits per heavy atom. The summed E-state index contributed by atoms with van der Waals surface area (Å²) in [5.41, 5.74) is 4.15. The van der Waals surface area contributed by atoms with Crippen LogP contribution in [0, 0.1) is 6.92 Å². The molecule has 0 fully saturated rings. The summed E-state index contributed by atoms with van der Waals surface area (Å²) in [6, 6.07) is 9.75. The van der Waals surface area contributed by atoms with Crippen LogP contribution >= 0.6 is 11.3 Å². The van der Waals surface area contributed by atoms with E-state index < -0.39 is 0 Å². The van der Waals surface area contributed by atoms with Gasteiger partial charge in [0.25, 0.3) is 5.56 Å². The minimum Gasteiger partial charge on any atom is -0.496 e. The van der Waals surface area contributed by atoms with Crippen molar-refractivity contribution in [2.75, 3.05) is 7.11 Å². The first-order valence-electron chi connectivity index (χ1n) is 8.27. The fourth-order valence-corrected chi connectivity index (χ4v) is 3.55. The number of rotatable bonds is 5. The van der Waals surface area contributed by atoms with E-state index in [2.05, 4.69) is 19.9 Å². The summed E-state index contributed by atoms with van der Waals surface area (Å²) in [5.74, 6) is 1.28. The van der Waals surface area contributed by atoms with Crippen LogP contribution in [0.3, 0.4) is 0 Å². The van der Waals surface area contributed by atoms with E-state index in [4.69, 9.17) is 9.72 Å². The van der Waals surface area contributed by atoms with Gasteiger partial charge in [-0.05, 0) is 48.2 Å². The van der Waals surface area contributed by atoms with E-state index in [-0.39, 0.29) is 5.56 Å². The SMILES string of the molecule is COc1ccc(-c2csc(Cn3ccc(C)cc3=O)n2)cc1C(C)C. The van der Waals surface area contributed by atoms with Gasteiger partial charge in [-0.15, -0.1) is 11.3 Å². The Morgan fingerprint density at radius 1 is 1.24 bits per heavy atom. The zero-order valence-corrected chi connectivity index (χ0v) is 15.8. The van der Waals surface area contributed by atoms with Crippen molar-refractivity contribution < 1.29 is 4.74 Å². The molecule has 0 amide bonds. The number of benzene rings is 1. The van der Waals surface area contributed by atoms with Crippen molar-refractivity contribution in [1.82, 2.24) is 9.55 Å². The lowest BCUT2D eigenvalue weighted by molar-refractivity contribution is 0.407. The molecule has 0 saturated heterocycles. The molecule has 0 atom stereocenters. The maximum Gasteiger partial charge on any atom is 0.251 e. The molecule has 0 unspecified atom stereocenters. The highest BCUT2D eigenvalue weighted by molar-refractivity contribution is 7.09. The Hall–Kier alpha value is -2.40. The van der Waals surface area contributed by atoms with Gasteiger partial charge in [-0.3, -0.25) is 4.79 Å². The van der Waals surface area contributed by atoms with Crippen molar-refractivity contribution in [2.45, 2.75) is 33.2 Å². The Balaban J connectivity index is 1.88. The average Bonchev–Trinajstić information content (AvgIpc) is 3.05. The molecule has 0 aliphatic heterocycles. The maximum atomic E-state index is 12.0. The Bertz CT molecular complexity index is 941. The molecule has 25 heavy (non-hydrogen) atoms. The third-order valence-electron chi connectivity index (χ3n) is 4.16. The van der Waals surface area contributed by atoms with Gasteiger partial charge in [0.05, 0.1) is 19.3 Å². The number of aryl methyl sites for hydroxylation is 1. The van der Waals surface area contributed by atoms with Crippen LogP contribution in [-0.2, 0) is 6.54 Å². The summed E-state index contributed by atoms with van der Waals surface area (Å²) in [7, 11) is 1.70. The van der Waals surface area contributed by atoms with Crippen LogP contribution in [0.5, 0.6) is 5.75 Å². The van der Waals surface area contributed by atoms with Crippen molar-refractivity contribution in [3.8, 4) is 17.0 Å². The number of methoxy groups -OCH3 is 1. The van der Waals surface area contributed by atoms with Gasteiger partial charge in [-0.1, -0.05) is 13.8 Å². The second-order valence-electron chi connectivity index (χ2n) is 6.41. The zero-order chi connectivity index (χ0) is 18.0. The standard InChI is InChI=1S/C20H22N2O2S/c1-13(2)16-10-15(5-6-18(16)24-4)17-12-25-19(21-17)11-22-8-7-14(3)9-20(22)23/h5-10,12-13H,11H2,1-4H3. The predicted molar refractivity (Wildman–Crippen MR) is 103 cm³/mol. The molecule has 0 spiro atoms. The first kappa shape index (κ1) is 17.4. The molecular weight excluding hydrogens is 332 g/mol. The van der Waals surface area contributed by atoms with Crippen LogP contribution < -0.4 is 10.3 Å². The van der Waals surface area contributed by atoms with E-state index in [0.717, 1.165) is 27.6 Å². The number of thiazole rings is 1. The van der Waals surface area contributed by atoms with Crippen molar-refractivity contribution >= 4 is 11.3 Å². The maximum absolute atomic E-state index is 12.0. The lowest BCUT2D eigenvalue weighted by Gasteiger charge is -2.12. The van der Waals surface area contributed by atoms with Crippen molar-refractivity contribution in [1.29, 1.82) is 0 Å². The first-order valence-corrected chi connectivity index (χ1v) is 9.15. The second kappa shape index (κ2) is 7.23. The number of hydrogen-bond donors (Lipinski definition) is 0. The molecule has 0 bridgehead atoms. The number of ether oxygens (including phenoxy) is 1. The molecule has 3 rings (SSSR count). The minimum atomic E-state index is 0.00305. The third kappa shape index (κ3) is 3.82. The zero-order valence-electron chi connectivity index (χ0n) is 14.9. The van der Waals surface area contributed by atoms with E-state index >= 15 is 0 Å². The summed E-state index contributed by atoms with van der Waals surface area (Å²) in [5, 5.41) is 2.96. The van der Waals surface area contributed by atoms with E-state index in [1.54, 1.807) is 29.1 Å². The smallest absolute Gasteiger partial charge is 0.251 e. The molecule has 4 nitrogen and oxygen atoms in total. The van der Waals surface area contributed by atoms with Gasteiger partial charge in [0.2, 0.25) is 0 Å². The quantitative estimate of drug-likeness (QED) is 0.679. The molecule has 5 heteroatoms. The Kier molecular flexibility index (Phi) is 5.04. The van der Waals surface area contributed by atoms with E-state index in [0.29, 0.717) is 12.5 Å². The van der Waals surface area contributed by atoms with Gasteiger partial charge >= 0.3 is 0 Å². The van der Waals surface area contributed by atoms with Crippen LogP contribution in [0.4, 0.5) is 0 Å². The number of nitrogens with zero attached hydrogens (tertiary/aromatic N) is 2.